The molecule has 0 amide bonds. The van der Waals surface area contributed by atoms with Gasteiger partial charge >= 0.3 is 42.3 Å². The molecule has 0 radical (unpaired) electrons. The highest BCUT2D eigenvalue weighted by Gasteiger charge is 2.87. The minimum absolute atomic E-state index is 0.278. The lowest BCUT2D eigenvalue weighted by atomic mass is 10.1. The molecule has 0 aliphatic heterocycles. The second kappa shape index (κ2) is 6.49. The highest BCUT2D eigenvalue weighted by atomic mass is 19.4. The molecule has 1 atom stereocenters. The van der Waals surface area contributed by atoms with Crippen LogP contribution in [-0.4, -0.2) is 48.9 Å². The largest absolute Gasteiger partial charge is 0.460 e. The van der Waals surface area contributed by atoms with Gasteiger partial charge in [0.15, 0.2) is 0 Å². The summed E-state index contributed by atoms with van der Waals surface area (Å²) in [6.07, 6.45) is -22.3. The third-order valence-corrected chi connectivity index (χ3v) is 2.46. The zero-order valence-electron chi connectivity index (χ0n) is 11.7. The van der Waals surface area contributed by atoms with Crippen molar-refractivity contribution in [3.05, 3.63) is 0 Å². The van der Waals surface area contributed by atoms with E-state index >= 15 is 0 Å². The van der Waals surface area contributed by atoms with Crippen LogP contribution in [0.4, 0.5) is 65.9 Å². The van der Waals surface area contributed by atoms with Crippen LogP contribution < -0.4 is 0 Å². The maximum Gasteiger partial charge on any atom is 0.460 e. The van der Waals surface area contributed by atoms with Crippen LogP contribution in [0, 0.1) is 0 Å². The molecule has 2 nitrogen and oxygen atoms in total. The predicted octanol–water partition coefficient (Wildman–Crippen LogP) is 5.29. The first-order valence-electron chi connectivity index (χ1n) is 5.69. The molecule has 0 saturated carbocycles. The van der Waals surface area contributed by atoms with E-state index in [4.69, 9.17) is 0 Å². The number of rotatable bonds is 6. The molecule has 0 heterocycles. The van der Waals surface area contributed by atoms with Gasteiger partial charge in [0, 0.05) is 0 Å². The SMILES string of the molecule is CCOC(F)(OC(F)(C(F)(F)F)C(F)(F)F)C(F)(F)C(F)(F)C(F)(F)F. The lowest BCUT2D eigenvalue weighted by Gasteiger charge is -2.41. The van der Waals surface area contributed by atoms with Crippen molar-refractivity contribution in [2.24, 2.45) is 0 Å². The molecule has 0 spiro atoms. The summed E-state index contributed by atoms with van der Waals surface area (Å²) < 4.78 is 193. The Balaban J connectivity index is 6.51. The predicted molar refractivity (Wildman–Crippen MR) is 48.4 cm³/mol. The Morgan fingerprint density at radius 2 is 0.885 bits per heavy atom. The van der Waals surface area contributed by atoms with Crippen LogP contribution in [0.15, 0.2) is 0 Å². The van der Waals surface area contributed by atoms with E-state index in [0.29, 0.717) is 0 Å². The van der Waals surface area contributed by atoms with Gasteiger partial charge in [-0.25, -0.2) is 0 Å². The molecule has 0 aliphatic carbocycles. The zero-order valence-corrected chi connectivity index (χ0v) is 11.7. The Morgan fingerprint density at radius 3 is 1.12 bits per heavy atom. The van der Waals surface area contributed by atoms with Crippen LogP contribution in [0.3, 0.4) is 0 Å². The number of alkyl halides is 15. The monoisotopic (exact) mass is 430 g/mol. The maximum atomic E-state index is 13.7. The second-order valence-electron chi connectivity index (χ2n) is 4.31. The second-order valence-corrected chi connectivity index (χ2v) is 4.31. The standard InChI is InChI=1S/C9H5F15O2/c1-2-25-9(24,4(12,13)3(10,11)6(15,16)17)26-5(14,7(18,19)20)8(21,22)23/h2H2,1H3. The highest BCUT2D eigenvalue weighted by molar-refractivity contribution is 4.99. The summed E-state index contributed by atoms with van der Waals surface area (Å²) in [7, 11) is 0. The minimum atomic E-state index is -7.62. The van der Waals surface area contributed by atoms with Crippen molar-refractivity contribution in [1.29, 1.82) is 0 Å². The summed E-state index contributed by atoms with van der Waals surface area (Å²) in [6.45, 7) is -1.55. The highest BCUT2D eigenvalue weighted by Crippen LogP contribution is 2.57. The quantitative estimate of drug-likeness (QED) is 0.422. The molecule has 0 rings (SSSR count). The van der Waals surface area contributed by atoms with Crippen LogP contribution in [0.5, 0.6) is 0 Å². The summed E-state index contributed by atoms with van der Waals surface area (Å²) >= 11 is 0. The summed E-state index contributed by atoms with van der Waals surface area (Å²) in [5, 5.41) is 0. The van der Waals surface area contributed by atoms with E-state index in [1.165, 1.54) is 0 Å². The van der Waals surface area contributed by atoms with Crippen molar-refractivity contribution >= 4 is 0 Å². The molecule has 26 heavy (non-hydrogen) atoms. The maximum absolute atomic E-state index is 13.7. The average molecular weight is 430 g/mol. The van der Waals surface area contributed by atoms with Crippen molar-refractivity contribution in [3.63, 3.8) is 0 Å². The smallest absolute Gasteiger partial charge is 0.319 e. The van der Waals surface area contributed by atoms with E-state index in [0.717, 1.165) is 0 Å². The number of hydrogen-bond acceptors (Lipinski definition) is 2. The van der Waals surface area contributed by atoms with Gasteiger partial charge in [-0.3, -0.25) is 4.74 Å². The van der Waals surface area contributed by atoms with Gasteiger partial charge in [-0.15, -0.1) is 0 Å². The Hall–Kier alpha value is -1.13. The van der Waals surface area contributed by atoms with Crippen molar-refractivity contribution in [3.8, 4) is 0 Å². The van der Waals surface area contributed by atoms with Gasteiger partial charge in [-0.1, -0.05) is 0 Å². The minimum Gasteiger partial charge on any atom is -0.319 e. The van der Waals surface area contributed by atoms with Gasteiger partial charge in [0.25, 0.3) is 0 Å². The molecule has 17 heteroatoms. The molecule has 0 aromatic rings. The van der Waals surface area contributed by atoms with Crippen LogP contribution >= 0.6 is 0 Å². The number of hydrogen-bond donors (Lipinski definition) is 0. The fourth-order valence-electron chi connectivity index (χ4n) is 1.19. The van der Waals surface area contributed by atoms with Crippen molar-refractivity contribution in [2.75, 3.05) is 6.61 Å². The van der Waals surface area contributed by atoms with E-state index in [2.05, 4.69) is 4.74 Å². The molecule has 0 aliphatic rings. The summed E-state index contributed by atoms with van der Waals surface area (Å²) in [5.74, 6) is -22.6. The third-order valence-electron chi connectivity index (χ3n) is 2.46. The molecule has 1 unspecified atom stereocenters. The topological polar surface area (TPSA) is 18.5 Å². The van der Waals surface area contributed by atoms with E-state index in [9.17, 15) is 65.9 Å². The van der Waals surface area contributed by atoms with Gasteiger partial charge in [0.1, 0.15) is 0 Å². The Bertz CT molecular complexity index is 475. The first-order valence-corrected chi connectivity index (χ1v) is 5.69. The zero-order chi connectivity index (χ0) is 21.6. The van der Waals surface area contributed by atoms with Crippen LogP contribution in [0.25, 0.3) is 0 Å². The van der Waals surface area contributed by atoms with Crippen LogP contribution in [0.1, 0.15) is 6.92 Å². The first-order chi connectivity index (χ1) is 11.0. The summed E-state index contributed by atoms with van der Waals surface area (Å²) in [6, 6.07) is -6.83. The molecule has 158 valence electrons. The molecule has 0 saturated heterocycles. The Morgan fingerprint density at radius 1 is 0.538 bits per heavy atom. The van der Waals surface area contributed by atoms with Gasteiger partial charge in [-0.2, -0.15) is 65.9 Å². The number of ether oxygens (including phenoxy) is 2. The van der Waals surface area contributed by atoms with E-state index in [1.807, 2.05) is 0 Å². The molecule has 0 bridgehead atoms. The van der Waals surface area contributed by atoms with Crippen molar-refractivity contribution in [1.82, 2.24) is 0 Å². The van der Waals surface area contributed by atoms with Gasteiger partial charge in [0.2, 0.25) is 0 Å². The summed E-state index contributed by atoms with van der Waals surface area (Å²) in [5.41, 5.74) is 0. The van der Waals surface area contributed by atoms with E-state index in [1.54, 1.807) is 4.74 Å². The van der Waals surface area contributed by atoms with E-state index < -0.39 is 48.9 Å². The first kappa shape index (κ1) is 24.9. The molecule has 0 fully saturated rings. The average Bonchev–Trinajstić information content (AvgIpc) is 2.34. The summed E-state index contributed by atoms with van der Waals surface area (Å²) in [4.78, 5) is 0. The van der Waals surface area contributed by atoms with Crippen LogP contribution in [-0.2, 0) is 9.47 Å². The Labute approximate surface area is 132 Å². The fourth-order valence-corrected chi connectivity index (χ4v) is 1.19. The van der Waals surface area contributed by atoms with Crippen LogP contribution in [0.2, 0.25) is 0 Å². The fraction of sp³-hybridized carbons (Fsp3) is 1.00. The van der Waals surface area contributed by atoms with Gasteiger partial charge in [-0.05, 0) is 6.92 Å². The van der Waals surface area contributed by atoms with Gasteiger partial charge < -0.3 is 4.74 Å². The Kier molecular flexibility index (Phi) is 6.21. The molecular formula is C9H5F15O2. The third kappa shape index (κ3) is 3.77. The molecular weight excluding hydrogens is 425 g/mol. The van der Waals surface area contributed by atoms with E-state index in [-0.39, 0.29) is 6.92 Å². The molecule has 0 aromatic heterocycles. The number of halogens is 15. The van der Waals surface area contributed by atoms with Crippen molar-refractivity contribution in [2.45, 2.75) is 49.2 Å². The molecule has 0 aromatic carbocycles. The lowest BCUT2D eigenvalue weighted by molar-refractivity contribution is -0.545. The van der Waals surface area contributed by atoms with Gasteiger partial charge in [0.05, 0.1) is 6.61 Å². The lowest BCUT2D eigenvalue weighted by Crippen LogP contribution is -2.69. The van der Waals surface area contributed by atoms with Crippen molar-refractivity contribution < 1.29 is 75.3 Å². The molecule has 0 N–H and O–H groups in total. The normalized spacial score (nSPS) is 18.0.